The van der Waals surface area contributed by atoms with E-state index in [4.69, 9.17) is 4.98 Å². The monoisotopic (exact) mass is 431 g/mol. The van der Waals surface area contributed by atoms with Gasteiger partial charge in [0.2, 0.25) is 5.95 Å². The van der Waals surface area contributed by atoms with Gasteiger partial charge in [0, 0.05) is 18.6 Å². The predicted molar refractivity (Wildman–Crippen MR) is 122 cm³/mol. The van der Waals surface area contributed by atoms with Gasteiger partial charge in [-0.1, -0.05) is 6.07 Å². The van der Waals surface area contributed by atoms with Gasteiger partial charge < -0.3 is 26.0 Å². The third-order valence-electron chi connectivity index (χ3n) is 4.99. The van der Waals surface area contributed by atoms with E-state index in [1.165, 1.54) is 12.1 Å². The Hall–Kier alpha value is -2.98. The van der Waals surface area contributed by atoms with E-state index < -0.39 is 6.10 Å². The van der Waals surface area contributed by atoms with Gasteiger partial charge in [-0.15, -0.1) is 5.53 Å². The van der Waals surface area contributed by atoms with Crippen molar-refractivity contribution in [2.45, 2.75) is 65.8 Å². The molecule has 0 saturated heterocycles. The van der Waals surface area contributed by atoms with Gasteiger partial charge in [-0.25, -0.2) is 0 Å². The van der Waals surface area contributed by atoms with Crippen molar-refractivity contribution in [3.63, 3.8) is 0 Å². The summed E-state index contributed by atoms with van der Waals surface area (Å²) in [5, 5.41) is 39.7. The predicted octanol–water partition coefficient (Wildman–Crippen LogP) is 2.72. The minimum absolute atomic E-state index is 0.135. The molecule has 0 saturated carbocycles. The van der Waals surface area contributed by atoms with Crippen LogP contribution in [-0.4, -0.2) is 50.0 Å². The van der Waals surface area contributed by atoms with Gasteiger partial charge >= 0.3 is 0 Å². The summed E-state index contributed by atoms with van der Waals surface area (Å²) < 4.78 is 0. The third-order valence-corrected chi connectivity index (χ3v) is 4.99. The minimum atomic E-state index is -0.543. The maximum Gasteiger partial charge on any atom is 0.226 e. The molecule has 1 aliphatic rings. The SMILES string of the molecule is CC(O)CNc1nc(NC(C)c2ccc(O)c(O)c2)c2c(n1)N(C(C)C)NN2C(C)C. The Morgan fingerprint density at radius 3 is 2.23 bits per heavy atom. The van der Waals surface area contributed by atoms with Gasteiger partial charge in [-0.05, 0) is 59.2 Å². The van der Waals surface area contributed by atoms with Gasteiger partial charge in [0.15, 0.2) is 23.1 Å². The summed E-state index contributed by atoms with van der Waals surface area (Å²) in [6, 6.07) is 4.81. The van der Waals surface area contributed by atoms with Crippen molar-refractivity contribution in [2.24, 2.45) is 0 Å². The van der Waals surface area contributed by atoms with Crippen LogP contribution in [0.5, 0.6) is 11.5 Å². The maximum absolute atomic E-state index is 9.88. The zero-order valence-electron chi connectivity index (χ0n) is 18.9. The average molecular weight is 432 g/mol. The fraction of sp³-hybridized carbons (Fsp3) is 0.524. The fourth-order valence-electron chi connectivity index (χ4n) is 3.30. The Kier molecular flexibility index (Phi) is 6.61. The second kappa shape index (κ2) is 9.03. The number of aromatic nitrogens is 2. The lowest BCUT2D eigenvalue weighted by Crippen LogP contribution is -2.50. The molecule has 1 aromatic carbocycles. The smallest absolute Gasteiger partial charge is 0.226 e. The van der Waals surface area contributed by atoms with Gasteiger partial charge in [0.1, 0.15) is 5.69 Å². The van der Waals surface area contributed by atoms with Crippen molar-refractivity contribution in [2.75, 3.05) is 27.2 Å². The first-order chi connectivity index (χ1) is 14.6. The van der Waals surface area contributed by atoms with Crippen LogP contribution >= 0.6 is 0 Å². The molecule has 0 bridgehead atoms. The quantitative estimate of drug-likeness (QED) is 0.347. The Balaban J connectivity index is 2.04. The number of phenols is 2. The summed E-state index contributed by atoms with van der Waals surface area (Å²) in [6.07, 6.45) is -0.543. The van der Waals surface area contributed by atoms with E-state index in [1.54, 1.807) is 13.0 Å². The maximum atomic E-state index is 9.88. The number of phenolic OH excluding ortho intramolecular Hbond substituents is 2. The highest BCUT2D eigenvalue weighted by molar-refractivity contribution is 5.83. The highest BCUT2D eigenvalue weighted by Gasteiger charge is 2.35. The molecule has 0 amide bonds. The van der Waals surface area contributed by atoms with Crippen LogP contribution in [0.3, 0.4) is 0 Å². The zero-order valence-corrected chi connectivity index (χ0v) is 18.9. The molecule has 2 atom stereocenters. The molecule has 0 radical (unpaired) electrons. The Bertz CT molecular complexity index is 920. The van der Waals surface area contributed by atoms with Crippen LogP contribution in [0.25, 0.3) is 0 Å². The van der Waals surface area contributed by atoms with Crippen molar-refractivity contribution in [1.82, 2.24) is 15.5 Å². The van der Waals surface area contributed by atoms with E-state index in [2.05, 4.69) is 48.8 Å². The van der Waals surface area contributed by atoms with Crippen molar-refractivity contribution in [3.05, 3.63) is 23.8 Å². The molecule has 10 heteroatoms. The second-order valence-electron chi connectivity index (χ2n) is 8.44. The topological polar surface area (TPSA) is 129 Å². The molecule has 1 aliphatic heterocycles. The van der Waals surface area contributed by atoms with E-state index >= 15 is 0 Å². The highest BCUT2D eigenvalue weighted by atomic mass is 16.3. The van der Waals surface area contributed by atoms with E-state index in [0.29, 0.717) is 18.3 Å². The van der Waals surface area contributed by atoms with Crippen molar-refractivity contribution < 1.29 is 15.3 Å². The number of aliphatic hydroxyl groups is 1. The number of benzene rings is 1. The van der Waals surface area contributed by atoms with Gasteiger partial charge in [0.25, 0.3) is 0 Å². The number of aliphatic hydroxyl groups excluding tert-OH is 1. The minimum Gasteiger partial charge on any atom is -0.504 e. The van der Waals surface area contributed by atoms with Gasteiger partial charge in [-0.3, -0.25) is 10.0 Å². The summed E-state index contributed by atoms with van der Waals surface area (Å²) in [6.45, 7) is 12.3. The molecule has 2 aromatic rings. The number of hydrazine groups is 2. The molecule has 0 aliphatic carbocycles. The Morgan fingerprint density at radius 1 is 0.968 bits per heavy atom. The number of hydrogen-bond acceptors (Lipinski definition) is 10. The lowest BCUT2D eigenvalue weighted by Gasteiger charge is -2.28. The first-order valence-electron chi connectivity index (χ1n) is 10.6. The van der Waals surface area contributed by atoms with E-state index in [-0.39, 0.29) is 29.6 Å². The normalized spacial score (nSPS) is 15.4. The zero-order chi connectivity index (χ0) is 22.9. The molecular formula is C21H33N7O3. The Morgan fingerprint density at radius 2 is 1.65 bits per heavy atom. The van der Waals surface area contributed by atoms with Crippen LogP contribution in [0.4, 0.5) is 23.3 Å². The van der Waals surface area contributed by atoms with Crippen molar-refractivity contribution in [1.29, 1.82) is 0 Å². The molecule has 31 heavy (non-hydrogen) atoms. The van der Waals surface area contributed by atoms with Crippen LogP contribution in [0.15, 0.2) is 18.2 Å². The van der Waals surface area contributed by atoms with Crippen LogP contribution in [0.2, 0.25) is 0 Å². The van der Waals surface area contributed by atoms with Crippen molar-refractivity contribution >= 4 is 23.3 Å². The number of anilines is 4. The highest BCUT2D eigenvalue weighted by Crippen LogP contribution is 2.41. The third kappa shape index (κ3) is 4.86. The van der Waals surface area contributed by atoms with Crippen LogP contribution in [0, 0.1) is 0 Å². The first kappa shape index (κ1) is 22.7. The van der Waals surface area contributed by atoms with Crippen LogP contribution in [0.1, 0.15) is 53.1 Å². The van der Waals surface area contributed by atoms with E-state index in [0.717, 1.165) is 17.1 Å². The summed E-state index contributed by atoms with van der Waals surface area (Å²) in [4.78, 5) is 9.39. The van der Waals surface area contributed by atoms with E-state index in [1.807, 2.05) is 16.9 Å². The van der Waals surface area contributed by atoms with Crippen LogP contribution in [-0.2, 0) is 0 Å². The summed E-state index contributed by atoms with van der Waals surface area (Å²) in [7, 11) is 0. The molecule has 1 aromatic heterocycles. The number of rotatable bonds is 8. The summed E-state index contributed by atoms with van der Waals surface area (Å²) in [5.41, 5.74) is 5.01. The van der Waals surface area contributed by atoms with Gasteiger partial charge in [-0.2, -0.15) is 9.97 Å². The van der Waals surface area contributed by atoms with Gasteiger partial charge in [0.05, 0.1) is 12.1 Å². The average Bonchev–Trinajstić information content (AvgIpc) is 3.09. The molecule has 3 rings (SSSR count). The van der Waals surface area contributed by atoms with E-state index in [9.17, 15) is 15.3 Å². The summed E-state index contributed by atoms with van der Waals surface area (Å²) >= 11 is 0. The lowest BCUT2D eigenvalue weighted by molar-refractivity contribution is 0.208. The molecular weight excluding hydrogens is 398 g/mol. The first-order valence-corrected chi connectivity index (χ1v) is 10.6. The standard InChI is InChI=1S/C21H33N7O3/c1-11(2)27-18-19(23-14(6)15-7-8-16(30)17(31)9-15)24-21(22-10-13(5)29)25-20(18)28(26-27)12(3)4/h7-9,11-14,26,29-31H,10H2,1-6H3,(H2,22,23,24,25). The molecule has 0 spiro atoms. The summed E-state index contributed by atoms with van der Waals surface area (Å²) in [5.74, 6) is 1.42. The molecule has 0 fully saturated rings. The number of aromatic hydroxyl groups is 2. The number of fused-ring (bicyclic) bond motifs is 1. The number of nitrogens with one attached hydrogen (secondary N) is 3. The molecule has 2 unspecified atom stereocenters. The molecule has 170 valence electrons. The van der Waals surface area contributed by atoms with Crippen LogP contribution < -0.4 is 26.2 Å². The molecule has 2 heterocycles. The van der Waals surface area contributed by atoms with Crippen molar-refractivity contribution in [3.8, 4) is 11.5 Å². The largest absolute Gasteiger partial charge is 0.504 e. The lowest BCUT2D eigenvalue weighted by atomic mass is 10.1. The second-order valence-corrected chi connectivity index (χ2v) is 8.44. The number of nitrogens with zero attached hydrogens (tertiary/aromatic N) is 4. The molecule has 6 N–H and O–H groups in total. The molecule has 10 nitrogen and oxygen atoms in total. The fourth-order valence-corrected chi connectivity index (χ4v) is 3.30. The number of hydrogen-bond donors (Lipinski definition) is 6. The Labute approximate surface area is 182 Å².